The standard InChI is InChI=1S/C32H33N3O2/c1-20-9-13-22(14-10-20)27-19-29(32(3,4)30(33-27)23-15-11-21(2)12-16-23)34-35-31(37)26-17-24-7-5-6-8-25(24)18-28(26)36/h5-18,27,30,33,36H,19H2,1-4H3,(H,35,37)/b34-29+. The van der Waals surface area contributed by atoms with Crippen molar-refractivity contribution in [2.75, 3.05) is 0 Å². The first-order valence-corrected chi connectivity index (χ1v) is 12.7. The molecule has 2 unspecified atom stereocenters. The highest BCUT2D eigenvalue weighted by atomic mass is 16.3. The van der Waals surface area contributed by atoms with E-state index in [1.807, 2.05) is 24.3 Å². The minimum absolute atomic E-state index is 0.00197. The van der Waals surface area contributed by atoms with E-state index in [1.165, 1.54) is 22.3 Å². The minimum atomic E-state index is -0.427. The average Bonchev–Trinajstić information content (AvgIpc) is 2.88. The number of phenols is 1. The third kappa shape index (κ3) is 5.00. The third-order valence-electron chi connectivity index (χ3n) is 7.52. The van der Waals surface area contributed by atoms with Gasteiger partial charge < -0.3 is 10.4 Å². The van der Waals surface area contributed by atoms with Gasteiger partial charge in [0.05, 0.1) is 5.56 Å². The number of hydrogen-bond acceptors (Lipinski definition) is 4. The lowest BCUT2D eigenvalue weighted by Gasteiger charge is -2.44. The summed E-state index contributed by atoms with van der Waals surface area (Å²) >= 11 is 0. The van der Waals surface area contributed by atoms with Crippen molar-refractivity contribution in [1.82, 2.24) is 10.7 Å². The van der Waals surface area contributed by atoms with Gasteiger partial charge in [0.2, 0.25) is 0 Å². The quantitative estimate of drug-likeness (QED) is 0.277. The second-order valence-electron chi connectivity index (χ2n) is 10.6. The van der Waals surface area contributed by atoms with Gasteiger partial charge in [0.15, 0.2) is 0 Å². The molecule has 1 saturated heterocycles. The molecule has 188 valence electrons. The summed E-state index contributed by atoms with van der Waals surface area (Å²) in [4.78, 5) is 13.1. The maximum Gasteiger partial charge on any atom is 0.275 e. The van der Waals surface area contributed by atoms with Crippen LogP contribution in [0.5, 0.6) is 5.75 Å². The van der Waals surface area contributed by atoms with Crippen molar-refractivity contribution in [2.45, 2.75) is 46.2 Å². The second-order valence-corrected chi connectivity index (χ2v) is 10.6. The van der Waals surface area contributed by atoms with Gasteiger partial charge in [-0.25, -0.2) is 5.43 Å². The van der Waals surface area contributed by atoms with Crippen molar-refractivity contribution >= 4 is 22.4 Å². The Kier molecular flexibility index (Phi) is 6.57. The van der Waals surface area contributed by atoms with Gasteiger partial charge in [-0.1, -0.05) is 97.8 Å². The molecule has 0 bridgehead atoms. The lowest BCUT2D eigenvalue weighted by molar-refractivity contribution is 0.0951. The first-order chi connectivity index (χ1) is 17.7. The van der Waals surface area contributed by atoms with Crippen LogP contribution in [0.15, 0.2) is 90.0 Å². The van der Waals surface area contributed by atoms with Crippen LogP contribution in [0.1, 0.15) is 65.0 Å². The van der Waals surface area contributed by atoms with Gasteiger partial charge in [-0.15, -0.1) is 0 Å². The van der Waals surface area contributed by atoms with Gasteiger partial charge in [-0.3, -0.25) is 4.79 Å². The van der Waals surface area contributed by atoms with Crippen LogP contribution in [0.25, 0.3) is 10.8 Å². The van der Waals surface area contributed by atoms with Crippen molar-refractivity contribution in [1.29, 1.82) is 0 Å². The molecule has 2 atom stereocenters. The molecule has 37 heavy (non-hydrogen) atoms. The predicted octanol–water partition coefficient (Wildman–Crippen LogP) is 6.75. The summed E-state index contributed by atoms with van der Waals surface area (Å²) in [5.41, 5.74) is 8.28. The van der Waals surface area contributed by atoms with E-state index in [2.05, 4.69) is 92.1 Å². The van der Waals surface area contributed by atoms with Crippen LogP contribution in [0.3, 0.4) is 0 Å². The number of phenolic OH excluding ortho intramolecular Hbond substituents is 1. The molecule has 3 N–H and O–H groups in total. The zero-order valence-electron chi connectivity index (χ0n) is 21.7. The zero-order valence-corrected chi connectivity index (χ0v) is 21.7. The number of amides is 1. The number of fused-ring (bicyclic) bond motifs is 1. The van der Waals surface area contributed by atoms with E-state index in [9.17, 15) is 9.90 Å². The molecule has 5 nitrogen and oxygen atoms in total. The lowest BCUT2D eigenvalue weighted by atomic mass is 9.70. The number of aryl methyl sites for hydroxylation is 2. The predicted molar refractivity (Wildman–Crippen MR) is 150 cm³/mol. The zero-order chi connectivity index (χ0) is 26.2. The highest BCUT2D eigenvalue weighted by molar-refractivity contribution is 6.02. The van der Waals surface area contributed by atoms with Crippen LogP contribution >= 0.6 is 0 Å². The molecule has 4 aromatic carbocycles. The van der Waals surface area contributed by atoms with Gasteiger partial charge in [-0.2, -0.15) is 5.10 Å². The van der Waals surface area contributed by atoms with E-state index in [-0.39, 0.29) is 28.8 Å². The Morgan fingerprint density at radius 1 is 0.892 bits per heavy atom. The number of nitrogens with zero attached hydrogens (tertiary/aromatic N) is 1. The van der Waals surface area contributed by atoms with Crippen LogP contribution < -0.4 is 10.7 Å². The molecule has 5 rings (SSSR count). The summed E-state index contributed by atoms with van der Waals surface area (Å²) < 4.78 is 0. The Balaban J connectivity index is 1.49. The molecule has 0 aromatic heterocycles. The molecular formula is C32H33N3O2. The molecule has 0 radical (unpaired) electrons. The van der Waals surface area contributed by atoms with Gasteiger partial charge in [0, 0.05) is 29.6 Å². The molecule has 1 aliphatic rings. The number of hydrogen-bond donors (Lipinski definition) is 3. The van der Waals surface area contributed by atoms with E-state index >= 15 is 0 Å². The molecule has 5 heteroatoms. The third-order valence-corrected chi connectivity index (χ3v) is 7.52. The number of benzene rings is 4. The Morgan fingerprint density at radius 3 is 2.08 bits per heavy atom. The Morgan fingerprint density at radius 2 is 1.46 bits per heavy atom. The highest BCUT2D eigenvalue weighted by Crippen LogP contribution is 2.43. The summed E-state index contributed by atoms with van der Waals surface area (Å²) in [5, 5.41) is 20.8. The fraction of sp³-hybridized carbons (Fsp3) is 0.250. The molecule has 4 aromatic rings. The maximum absolute atomic E-state index is 13.1. The first-order valence-electron chi connectivity index (χ1n) is 12.7. The molecular weight excluding hydrogens is 458 g/mol. The number of aromatic hydroxyl groups is 1. The molecule has 0 aliphatic carbocycles. The molecule has 1 amide bonds. The molecule has 0 saturated carbocycles. The van der Waals surface area contributed by atoms with Gasteiger partial charge in [-0.05, 0) is 47.9 Å². The summed E-state index contributed by atoms with van der Waals surface area (Å²) in [5.74, 6) is -0.486. The molecule has 0 spiro atoms. The number of hydrazone groups is 1. The summed E-state index contributed by atoms with van der Waals surface area (Å²) in [6.07, 6.45) is 0.655. The largest absolute Gasteiger partial charge is 0.507 e. The highest BCUT2D eigenvalue weighted by Gasteiger charge is 2.42. The number of carbonyl (C=O) groups excluding carboxylic acids is 1. The Bertz CT molecular complexity index is 1470. The topological polar surface area (TPSA) is 73.7 Å². The fourth-order valence-corrected chi connectivity index (χ4v) is 5.15. The number of rotatable bonds is 4. The first kappa shape index (κ1) is 24.7. The van der Waals surface area contributed by atoms with E-state index in [1.54, 1.807) is 12.1 Å². The van der Waals surface area contributed by atoms with Crippen LogP contribution in [-0.2, 0) is 0 Å². The van der Waals surface area contributed by atoms with Gasteiger partial charge in [0.1, 0.15) is 5.75 Å². The van der Waals surface area contributed by atoms with E-state index in [0.717, 1.165) is 16.5 Å². The van der Waals surface area contributed by atoms with Crippen LogP contribution in [0, 0.1) is 19.3 Å². The summed E-state index contributed by atoms with van der Waals surface area (Å²) in [6, 6.07) is 28.2. The van der Waals surface area contributed by atoms with Crippen molar-refractivity contribution in [3.05, 3.63) is 113 Å². The smallest absolute Gasteiger partial charge is 0.275 e. The number of nitrogens with one attached hydrogen (secondary N) is 2. The van der Waals surface area contributed by atoms with Crippen LogP contribution in [0.2, 0.25) is 0 Å². The average molecular weight is 492 g/mol. The maximum atomic E-state index is 13.1. The SMILES string of the molecule is Cc1ccc(C2C/C(=N\NC(=O)c3cc4ccccc4cc3O)C(C)(C)C(c3ccc(C)cc3)N2)cc1. The normalized spacial score (nSPS) is 20.2. The Labute approximate surface area is 218 Å². The van der Waals surface area contributed by atoms with E-state index in [0.29, 0.717) is 6.42 Å². The van der Waals surface area contributed by atoms with Crippen molar-refractivity contribution < 1.29 is 9.90 Å². The minimum Gasteiger partial charge on any atom is -0.507 e. The van der Waals surface area contributed by atoms with Crippen LogP contribution in [0.4, 0.5) is 0 Å². The summed E-state index contributed by atoms with van der Waals surface area (Å²) in [7, 11) is 0. The monoisotopic (exact) mass is 491 g/mol. The summed E-state index contributed by atoms with van der Waals surface area (Å²) in [6.45, 7) is 8.49. The Hall–Kier alpha value is -3.96. The van der Waals surface area contributed by atoms with Gasteiger partial charge in [0.25, 0.3) is 5.91 Å². The molecule has 1 heterocycles. The van der Waals surface area contributed by atoms with Gasteiger partial charge >= 0.3 is 0 Å². The fourth-order valence-electron chi connectivity index (χ4n) is 5.15. The van der Waals surface area contributed by atoms with E-state index in [4.69, 9.17) is 0 Å². The van der Waals surface area contributed by atoms with Crippen molar-refractivity contribution in [2.24, 2.45) is 10.5 Å². The van der Waals surface area contributed by atoms with E-state index < -0.39 is 5.91 Å². The number of carbonyl (C=O) groups is 1. The lowest BCUT2D eigenvalue weighted by Crippen LogP contribution is -2.48. The van der Waals surface area contributed by atoms with Crippen molar-refractivity contribution in [3.8, 4) is 5.75 Å². The molecule has 1 fully saturated rings. The molecule has 1 aliphatic heterocycles. The van der Waals surface area contributed by atoms with Crippen LogP contribution in [-0.4, -0.2) is 16.7 Å². The number of piperidine rings is 1. The van der Waals surface area contributed by atoms with Crippen molar-refractivity contribution in [3.63, 3.8) is 0 Å². The second kappa shape index (κ2) is 9.83.